The van der Waals surface area contributed by atoms with Gasteiger partial charge < -0.3 is 20.4 Å². The fourth-order valence-corrected chi connectivity index (χ4v) is 4.10. The Morgan fingerprint density at radius 1 is 0.594 bits per heavy atom. The van der Waals surface area contributed by atoms with Crippen molar-refractivity contribution in [3.05, 3.63) is 22.3 Å². The highest BCUT2D eigenvalue weighted by molar-refractivity contribution is 7.93. The molecule has 0 amide bonds. The van der Waals surface area contributed by atoms with E-state index in [9.17, 15) is 37.3 Å². The lowest BCUT2D eigenvalue weighted by atomic mass is 9.90. The summed E-state index contributed by atoms with van der Waals surface area (Å²) in [6.07, 6.45) is -0.949. The molecular weight excluding hydrogens is 609 g/mol. The minimum atomic E-state index is -4.99. The van der Waals surface area contributed by atoms with Gasteiger partial charge in [0, 0.05) is 35.1 Å². The maximum atomic E-state index is 11.9. The molecule has 0 unspecified atom stereocenters. The lowest BCUT2D eigenvalue weighted by Gasteiger charge is -2.14. The Kier molecular flexibility index (Phi) is 6.22. The van der Waals surface area contributed by atoms with Gasteiger partial charge in [0.2, 0.25) is 23.5 Å². The van der Waals surface area contributed by atoms with Gasteiger partial charge in [0.15, 0.2) is 0 Å². The average Bonchev–Trinajstić information content (AvgIpc) is 2.99. The molecule has 0 aliphatic heterocycles. The molecule has 0 saturated heterocycles. The van der Waals surface area contributed by atoms with Crippen LogP contribution in [0, 0.1) is 0 Å². The zero-order chi connectivity index (χ0) is 24.6. The van der Waals surface area contributed by atoms with Crippen molar-refractivity contribution in [2.45, 2.75) is 19.1 Å². The summed E-state index contributed by atoms with van der Waals surface area (Å²) in [6, 6.07) is 0. The summed E-state index contributed by atoms with van der Waals surface area (Å²) in [5.41, 5.74) is -0.699. The smallest absolute Gasteiger partial charge is 0.377 e. The van der Waals surface area contributed by atoms with E-state index in [2.05, 4.69) is 8.57 Å². The molecule has 0 saturated carbocycles. The van der Waals surface area contributed by atoms with Crippen molar-refractivity contribution in [2.24, 2.45) is 0 Å². The van der Waals surface area contributed by atoms with Crippen LogP contribution < -0.4 is 8.57 Å². The zero-order valence-electron chi connectivity index (χ0n) is 14.6. The van der Waals surface area contributed by atoms with Crippen molar-refractivity contribution in [3.8, 4) is 23.5 Å². The van der Waals surface area contributed by atoms with Crippen LogP contribution in [0.2, 0.25) is 0 Å². The van der Waals surface area contributed by atoms with Gasteiger partial charge >= 0.3 is 26.5 Å². The highest BCUT2D eigenvalue weighted by atomic mass is 35.6. The Morgan fingerprint density at radius 2 is 0.812 bits per heavy atom. The summed E-state index contributed by atoms with van der Waals surface area (Å²) in [6.45, 7) is 0. The van der Waals surface area contributed by atoms with Gasteiger partial charge in [0.25, 0.3) is 0 Å². The largest absolute Gasteiger partial charge is 0.492 e. The van der Waals surface area contributed by atoms with Gasteiger partial charge in [-0.3, -0.25) is 8.57 Å². The van der Waals surface area contributed by atoms with Crippen LogP contribution in [0.5, 0.6) is 23.5 Å². The molecule has 0 radical (unpaired) electrons. The van der Waals surface area contributed by atoms with E-state index in [1.807, 2.05) is 0 Å². The number of rotatable bonds is 4. The van der Waals surface area contributed by atoms with E-state index >= 15 is 0 Å². The molecule has 2 aromatic rings. The van der Waals surface area contributed by atoms with Crippen molar-refractivity contribution in [1.29, 1.82) is 0 Å². The molecule has 0 atom stereocenters. The molecule has 0 bridgehead atoms. The first kappa shape index (κ1) is 25.6. The lowest BCUT2D eigenvalue weighted by Crippen LogP contribution is -2.30. The third-order valence-electron chi connectivity index (χ3n) is 4.20. The van der Waals surface area contributed by atoms with Gasteiger partial charge in [-0.15, -0.1) is 0 Å². The average molecular weight is 617 g/mol. The zero-order valence-corrected chi connectivity index (χ0v) is 20.8. The van der Waals surface area contributed by atoms with Crippen LogP contribution in [-0.2, 0) is 33.1 Å². The second-order valence-electron chi connectivity index (χ2n) is 6.10. The van der Waals surface area contributed by atoms with Crippen LogP contribution in [0.1, 0.15) is 22.3 Å². The molecule has 4 N–H and O–H groups in total. The van der Waals surface area contributed by atoms with E-state index < -0.39 is 62.8 Å². The SMILES string of the molecule is O=S(=O)(On1c(O)c2c(c1O)Cc1c(c(O)n(OS(=O)(=O)C(Cl)(Cl)Cl)c1O)C2)C(Cl)(Cl)Cl. The van der Waals surface area contributed by atoms with Gasteiger partial charge in [-0.1, -0.05) is 79.1 Å². The summed E-state index contributed by atoms with van der Waals surface area (Å²) < 4.78 is 50.8. The predicted molar refractivity (Wildman–Crippen MR) is 113 cm³/mol. The molecule has 180 valence electrons. The predicted octanol–water partition coefficient (Wildman–Crippen LogP) is 1.78. The minimum absolute atomic E-state index is 0.0553. The van der Waals surface area contributed by atoms with E-state index in [4.69, 9.17) is 69.6 Å². The van der Waals surface area contributed by atoms with E-state index in [0.29, 0.717) is 0 Å². The standard InChI is InChI=1S/C12H8Cl6N2O10S2/c13-11(14,15)31(25,26)29-19-7(21)3-1-4-6(2-5(3)9(19)23)10(24)20(8(4)22)30-32(27,28)12(16,17)18/h21-24H,1-2H2. The maximum absolute atomic E-state index is 11.9. The number of aromatic nitrogens is 2. The molecule has 3 rings (SSSR count). The molecule has 1 aliphatic rings. The first-order valence-electron chi connectivity index (χ1n) is 7.61. The Morgan fingerprint density at radius 3 is 1.00 bits per heavy atom. The molecule has 32 heavy (non-hydrogen) atoms. The van der Waals surface area contributed by atoms with E-state index in [1.165, 1.54) is 0 Å². The first-order valence-corrected chi connectivity index (χ1v) is 12.7. The van der Waals surface area contributed by atoms with Crippen molar-refractivity contribution in [2.75, 3.05) is 0 Å². The highest BCUT2D eigenvalue weighted by Gasteiger charge is 2.45. The van der Waals surface area contributed by atoms with Crippen LogP contribution in [0.15, 0.2) is 0 Å². The third kappa shape index (κ3) is 4.04. The molecular formula is C12H8Cl6N2O10S2. The van der Waals surface area contributed by atoms with Crippen molar-refractivity contribution in [1.82, 2.24) is 9.46 Å². The Balaban J connectivity index is 2.06. The number of aromatic hydroxyl groups is 4. The quantitative estimate of drug-likeness (QED) is 0.316. The monoisotopic (exact) mass is 614 g/mol. The number of alkyl halides is 6. The highest BCUT2D eigenvalue weighted by Crippen LogP contribution is 2.47. The third-order valence-corrected chi connectivity index (χ3v) is 9.42. The van der Waals surface area contributed by atoms with Gasteiger partial charge in [-0.2, -0.15) is 16.8 Å². The Labute approximate surface area is 209 Å². The first-order chi connectivity index (χ1) is 14.3. The van der Waals surface area contributed by atoms with Gasteiger partial charge in [-0.25, -0.2) is 0 Å². The van der Waals surface area contributed by atoms with Crippen LogP contribution in [0.3, 0.4) is 0 Å². The number of nitrogens with zero attached hydrogens (tertiary/aromatic N) is 2. The topological polar surface area (TPSA) is 178 Å². The van der Waals surface area contributed by atoms with Crippen LogP contribution in [0.25, 0.3) is 0 Å². The molecule has 1 aliphatic carbocycles. The lowest BCUT2D eigenvalue weighted by molar-refractivity contribution is 0.200. The molecule has 2 heterocycles. The fraction of sp³-hybridized carbons (Fsp3) is 0.333. The Bertz CT molecular complexity index is 1170. The minimum Gasteiger partial charge on any atom is -0.492 e. The van der Waals surface area contributed by atoms with E-state index in [-0.39, 0.29) is 31.7 Å². The number of hydrogen-bond donors (Lipinski definition) is 4. The van der Waals surface area contributed by atoms with Crippen LogP contribution in [0.4, 0.5) is 0 Å². The summed E-state index contributed by atoms with van der Waals surface area (Å²) >= 11 is 31.7. The maximum Gasteiger partial charge on any atom is 0.377 e. The Hall–Kier alpha value is -1.000. The van der Waals surface area contributed by atoms with Crippen molar-refractivity contribution < 1.29 is 45.8 Å². The fourth-order valence-electron chi connectivity index (χ4n) is 2.75. The normalized spacial score (nSPS) is 14.7. The van der Waals surface area contributed by atoms with Crippen molar-refractivity contribution in [3.63, 3.8) is 0 Å². The molecule has 0 aromatic carbocycles. The van der Waals surface area contributed by atoms with E-state index in [0.717, 1.165) is 0 Å². The van der Waals surface area contributed by atoms with Crippen LogP contribution >= 0.6 is 69.6 Å². The van der Waals surface area contributed by atoms with Gasteiger partial charge in [0.05, 0.1) is 0 Å². The van der Waals surface area contributed by atoms with E-state index in [1.54, 1.807) is 0 Å². The second kappa shape index (κ2) is 7.77. The summed E-state index contributed by atoms with van der Waals surface area (Å²) in [7, 11) is -9.99. The molecule has 0 spiro atoms. The van der Waals surface area contributed by atoms with Gasteiger partial charge in [0.1, 0.15) is 0 Å². The second-order valence-corrected chi connectivity index (χ2v) is 15.3. The number of halogens is 6. The van der Waals surface area contributed by atoms with Crippen molar-refractivity contribution >= 4 is 89.8 Å². The molecule has 12 nitrogen and oxygen atoms in total. The number of hydrogen-bond acceptors (Lipinski definition) is 10. The molecule has 20 heteroatoms. The summed E-state index contributed by atoms with van der Waals surface area (Å²) in [5, 5.41) is 41.3. The van der Waals surface area contributed by atoms with Crippen LogP contribution in [-0.4, -0.2) is 53.0 Å². The molecule has 0 fully saturated rings. The summed E-state index contributed by atoms with van der Waals surface area (Å²) in [4.78, 5) is 0. The number of fused-ring (bicyclic) bond motifs is 2. The van der Waals surface area contributed by atoms with Gasteiger partial charge in [-0.05, 0) is 0 Å². The summed E-state index contributed by atoms with van der Waals surface area (Å²) in [5.74, 6) is -3.82. The molecule has 2 aromatic heterocycles.